The highest BCUT2D eigenvalue weighted by Crippen LogP contribution is 2.31. The van der Waals surface area contributed by atoms with Crippen LogP contribution in [-0.2, 0) is 9.53 Å². The highest BCUT2D eigenvalue weighted by Gasteiger charge is 2.23. The highest BCUT2D eigenvalue weighted by molar-refractivity contribution is 7.20. The zero-order chi connectivity index (χ0) is 20.4. The Balaban J connectivity index is 1.83. The van der Waals surface area contributed by atoms with Crippen LogP contribution in [0, 0.1) is 6.92 Å². The van der Waals surface area contributed by atoms with E-state index in [1.165, 1.54) is 25.3 Å². The minimum absolute atomic E-state index is 0.331. The van der Waals surface area contributed by atoms with Crippen molar-refractivity contribution in [1.29, 1.82) is 0 Å². The number of carbonyl (C=O) groups excluding carboxylic acids is 3. The van der Waals surface area contributed by atoms with Crippen LogP contribution in [-0.4, -0.2) is 40.8 Å². The van der Waals surface area contributed by atoms with E-state index < -0.39 is 24.0 Å². The lowest BCUT2D eigenvalue weighted by Crippen LogP contribution is -2.43. The van der Waals surface area contributed by atoms with Gasteiger partial charge in [-0.2, -0.15) is 5.10 Å². The third-order valence-electron chi connectivity index (χ3n) is 3.93. The van der Waals surface area contributed by atoms with E-state index in [-0.39, 0.29) is 0 Å². The average Bonchev–Trinajstić information content (AvgIpc) is 3.23. The van der Waals surface area contributed by atoms with Crippen LogP contribution in [0.2, 0.25) is 5.02 Å². The molecule has 0 bridgehead atoms. The molecule has 10 heteroatoms. The molecule has 0 radical (unpaired) electrons. The number of nitrogens with zero attached hydrogens (tertiary/aromatic N) is 2. The first-order valence-electron chi connectivity index (χ1n) is 8.28. The van der Waals surface area contributed by atoms with Gasteiger partial charge in [0.15, 0.2) is 6.10 Å². The molecule has 2 heterocycles. The molecular weight excluding hydrogens is 404 g/mol. The first-order chi connectivity index (χ1) is 13.3. The molecule has 2 N–H and O–H groups in total. The number of aromatic nitrogens is 2. The number of nitrogens with one attached hydrogen (secondary N) is 2. The number of benzene rings is 1. The Morgan fingerprint density at radius 2 is 1.93 bits per heavy atom. The SMILES string of the molecule is CNC(=O)NC(=O)[C@H](C)OC(=O)c1cc2c(C)nn(-c3ccc(Cl)cc3)c2s1. The van der Waals surface area contributed by atoms with Crippen molar-refractivity contribution in [1.82, 2.24) is 20.4 Å². The van der Waals surface area contributed by atoms with Gasteiger partial charge in [-0.05, 0) is 44.2 Å². The van der Waals surface area contributed by atoms with E-state index in [0.29, 0.717) is 9.90 Å². The second kappa shape index (κ2) is 7.99. The molecule has 1 atom stereocenters. The average molecular weight is 421 g/mol. The third kappa shape index (κ3) is 4.00. The number of ether oxygens (including phenoxy) is 1. The normalized spacial score (nSPS) is 11.9. The molecule has 3 rings (SSSR count). The number of halogens is 1. The van der Waals surface area contributed by atoms with Gasteiger partial charge in [-0.15, -0.1) is 11.3 Å². The molecule has 3 aromatic rings. The number of imide groups is 1. The second-order valence-corrected chi connectivity index (χ2v) is 7.39. The second-order valence-electron chi connectivity index (χ2n) is 5.92. The Bertz CT molecular complexity index is 1060. The molecule has 0 saturated carbocycles. The number of esters is 1. The van der Waals surface area contributed by atoms with E-state index in [9.17, 15) is 14.4 Å². The van der Waals surface area contributed by atoms with E-state index in [2.05, 4.69) is 15.7 Å². The van der Waals surface area contributed by atoms with Crippen molar-refractivity contribution in [3.8, 4) is 5.69 Å². The first-order valence-corrected chi connectivity index (χ1v) is 9.48. The van der Waals surface area contributed by atoms with E-state index >= 15 is 0 Å². The van der Waals surface area contributed by atoms with Crippen LogP contribution in [0.1, 0.15) is 22.3 Å². The Hall–Kier alpha value is -2.91. The lowest BCUT2D eigenvalue weighted by atomic mass is 10.3. The zero-order valence-corrected chi connectivity index (χ0v) is 16.9. The lowest BCUT2D eigenvalue weighted by Gasteiger charge is -2.11. The molecule has 3 amide bonds. The number of rotatable bonds is 4. The van der Waals surface area contributed by atoms with Gasteiger partial charge in [0.25, 0.3) is 5.91 Å². The van der Waals surface area contributed by atoms with Gasteiger partial charge in [0.2, 0.25) is 0 Å². The van der Waals surface area contributed by atoms with Crippen molar-refractivity contribution in [2.45, 2.75) is 20.0 Å². The van der Waals surface area contributed by atoms with Crippen molar-refractivity contribution in [2.24, 2.45) is 0 Å². The third-order valence-corrected chi connectivity index (χ3v) is 5.28. The van der Waals surface area contributed by atoms with E-state index in [0.717, 1.165) is 21.6 Å². The molecule has 2 aromatic heterocycles. The summed E-state index contributed by atoms with van der Waals surface area (Å²) in [6.45, 7) is 3.24. The van der Waals surface area contributed by atoms with Crippen LogP contribution in [0.3, 0.4) is 0 Å². The Morgan fingerprint density at radius 3 is 2.57 bits per heavy atom. The van der Waals surface area contributed by atoms with Gasteiger partial charge < -0.3 is 10.1 Å². The number of amides is 3. The number of fused-ring (bicyclic) bond motifs is 1. The predicted octanol–water partition coefficient (Wildman–Crippen LogP) is 3.05. The van der Waals surface area contributed by atoms with Gasteiger partial charge >= 0.3 is 12.0 Å². The molecule has 8 nitrogen and oxygen atoms in total. The molecule has 0 aliphatic carbocycles. The number of hydrogen-bond acceptors (Lipinski definition) is 6. The van der Waals surface area contributed by atoms with Crippen LogP contribution in [0.5, 0.6) is 0 Å². The van der Waals surface area contributed by atoms with E-state index in [1.807, 2.05) is 19.1 Å². The molecular formula is C18H17ClN4O4S. The van der Waals surface area contributed by atoms with Crippen LogP contribution < -0.4 is 10.6 Å². The maximum Gasteiger partial charge on any atom is 0.349 e. The summed E-state index contributed by atoms with van der Waals surface area (Å²) in [5.41, 5.74) is 1.56. The smallest absolute Gasteiger partial charge is 0.349 e. The van der Waals surface area contributed by atoms with Crippen molar-refractivity contribution in [3.05, 3.63) is 45.9 Å². The first kappa shape index (κ1) is 19.8. The van der Waals surface area contributed by atoms with Crippen LogP contribution >= 0.6 is 22.9 Å². The van der Waals surface area contributed by atoms with E-state index in [1.54, 1.807) is 22.9 Å². The molecule has 0 saturated heterocycles. The van der Waals surface area contributed by atoms with Crippen molar-refractivity contribution >= 4 is 51.1 Å². The summed E-state index contributed by atoms with van der Waals surface area (Å²) in [5.74, 6) is -1.36. The summed E-state index contributed by atoms with van der Waals surface area (Å²) in [6.07, 6.45) is -1.12. The molecule has 0 fully saturated rings. The molecule has 0 aliphatic rings. The van der Waals surface area contributed by atoms with Crippen LogP contribution in [0.4, 0.5) is 4.79 Å². The molecule has 0 spiro atoms. The van der Waals surface area contributed by atoms with Crippen molar-refractivity contribution < 1.29 is 19.1 Å². The molecule has 0 unspecified atom stereocenters. The minimum atomic E-state index is -1.12. The highest BCUT2D eigenvalue weighted by atomic mass is 35.5. The van der Waals surface area contributed by atoms with Crippen LogP contribution in [0.25, 0.3) is 15.9 Å². The maximum absolute atomic E-state index is 12.4. The summed E-state index contributed by atoms with van der Waals surface area (Å²) < 4.78 is 6.90. The quantitative estimate of drug-likeness (QED) is 0.631. The topological polar surface area (TPSA) is 102 Å². The van der Waals surface area contributed by atoms with Gasteiger partial charge in [-0.1, -0.05) is 11.6 Å². The minimum Gasteiger partial charge on any atom is -0.448 e. The largest absolute Gasteiger partial charge is 0.448 e. The number of urea groups is 1. The lowest BCUT2D eigenvalue weighted by molar-refractivity contribution is -0.127. The molecule has 1 aromatic carbocycles. The fraction of sp³-hybridized carbons (Fsp3) is 0.222. The number of thiophene rings is 1. The van der Waals surface area contributed by atoms with Crippen molar-refractivity contribution in [3.63, 3.8) is 0 Å². The predicted molar refractivity (Wildman–Crippen MR) is 106 cm³/mol. The fourth-order valence-electron chi connectivity index (χ4n) is 2.45. The van der Waals surface area contributed by atoms with Gasteiger partial charge in [0, 0.05) is 17.5 Å². The molecule has 146 valence electrons. The Kier molecular flexibility index (Phi) is 5.66. The standard InChI is InChI=1S/C18H17ClN4O4S/c1-9-13-8-14(17(25)27-10(2)15(24)21-18(26)20-3)28-16(13)23(22-9)12-6-4-11(19)5-7-12/h4-8,10H,1-3H3,(H2,20,21,24,26)/t10-/m0/s1. The van der Waals surface area contributed by atoms with Gasteiger partial charge in [0.05, 0.1) is 11.4 Å². The summed E-state index contributed by atoms with van der Waals surface area (Å²) in [7, 11) is 1.38. The van der Waals surface area contributed by atoms with Gasteiger partial charge in [-0.3, -0.25) is 10.1 Å². The molecule has 28 heavy (non-hydrogen) atoms. The number of hydrogen-bond donors (Lipinski definition) is 2. The summed E-state index contributed by atoms with van der Waals surface area (Å²) >= 11 is 7.14. The fourth-order valence-corrected chi connectivity index (χ4v) is 3.65. The van der Waals surface area contributed by atoms with E-state index in [4.69, 9.17) is 16.3 Å². The Labute approximate surface area is 169 Å². The molecule has 0 aliphatic heterocycles. The monoisotopic (exact) mass is 420 g/mol. The number of carbonyl (C=O) groups is 3. The Morgan fingerprint density at radius 1 is 1.25 bits per heavy atom. The summed E-state index contributed by atoms with van der Waals surface area (Å²) in [5, 5.41) is 10.3. The number of aryl methyl sites for hydroxylation is 1. The van der Waals surface area contributed by atoms with Gasteiger partial charge in [0.1, 0.15) is 9.71 Å². The van der Waals surface area contributed by atoms with Gasteiger partial charge in [-0.25, -0.2) is 14.3 Å². The van der Waals surface area contributed by atoms with Crippen LogP contribution in [0.15, 0.2) is 30.3 Å². The summed E-state index contributed by atoms with van der Waals surface area (Å²) in [6, 6.07) is 8.19. The zero-order valence-electron chi connectivity index (χ0n) is 15.3. The summed E-state index contributed by atoms with van der Waals surface area (Å²) in [4.78, 5) is 36.6. The van der Waals surface area contributed by atoms with Crippen molar-refractivity contribution in [2.75, 3.05) is 7.05 Å². The maximum atomic E-state index is 12.4.